The van der Waals surface area contributed by atoms with Gasteiger partial charge >= 0.3 is 5.97 Å². The number of hydrogen-bond donors (Lipinski definition) is 13. The molecule has 1 aliphatic heterocycles. The van der Waals surface area contributed by atoms with Crippen LogP contribution in [0.5, 0.6) is 0 Å². The van der Waals surface area contributed by atoms with Crippen molar-refractivity contribution in [3.05, 3.63) is 108 Å². The summed E-state index contributed by atoms with van der Waals surface area (Å²) in [6.45, 7) is 8.37. The number of carbonyl (C=O) groups is 13. The second kappa shape index (κ2) is 33.2. The fraction of sp³-hybridized carbons (Fsp3) is 0.492. The first kappa shape index (κ1) is 70.5. The highest BCUT2D eigenvalue weighted by molar-refractivity contribution is 6.00. The standard InChI is InChI=1S/C61H83N13O15/c1-31(2)47(71-55(82)41(29-43(63)76)69-59(86)49(34(6)75)73-56(83)42-24-17-25-74(42)60(87)48(32(3)4)72-53(80)38(62)26-35-18-11-8-12-19-35)58(85)65-30-44(77)70-50-45(46(50)61(88)89-7)57(84)68-40(28-37-22-15-10-16-23-37)54(81)66-33(5)52(79)67-39(51(64)78)27-36-20-13-9-14-21-36/h8-16,18-23,31-34,38-42,45-50,75H,17,24-30,62H2,1-7H3,(H2,63,76)(H2,64,78)(H,65,85)(H,66,81)(H,67,79)(H,68,84)(H,69,86)(H,70,77)(H,71,82)(H,72,80)(H,73,83)/t33-,34+,38-,39-,40-,41-,42-,45-,46-,47-,48-,49-,50-/m0/s1. The van der Waals surface area contributed by atoms with Crippen molar-refractivity contribution in [1.82, 2.24) is 52.8 Å². The van der Waals surface area contributed by atoms with Crippen LogP contribution in [0.25, 0.3) is 0 Å². The Morgan fingerprint density at radius 1 is 0.562 bits per heavy atom. The van der Waals surface area contributed by atoms with Crippen LogP contribution in [0.3, 0.4) is 0 Å². The second-order valence-electron chi connectivity index (χ2n) is 22.9. The number of nitrogens with one attached hydrogen (secondary N) is 9. The van der Waals surface area contributed by atoms with Gasteiger partial charge in [0.1, 0.15) is 48.3 Å². The molecule has 482 valence electrons. The predicted molar refractivity (Wildman–Crippen MR) is 321 cm³/mol. The van der Waals surface area contributed by atoms with E-state index in [1.54, 1.807) is 86.6 Å². The zero-order valence-corrected chi connectivity index (χ0v) is 50.8. The Hall–Kier alpha value is -9.31. The van der Waals surface area contributed by atoms with E-state index < -0.39 is 180 Å². The third kappa shape index (κ3) is 20.7. The number of esters is 1. The lowest BCUT2D eigenvalue weighted by molar-refractivity contribution is -0.144. The third-order valence-electron chi connectivity index (χ3n) is 15.2. The minimum absolute atomic E-state index is 0.0781. The van der Waals surface area contributed by atoms with E-state index in [2.05, 4.69) is 47.9 Å². The number of hydrogen-bond acceptors (Lipinski definition) is 16. The molecule has 0 bridgehead atoms. The number of ether oxygens (including phenoxy) is 1. The summed E-state index contributed by atoms with van der Waals surface area (Å²) < 4.78 is 4.91. The molecule has 1 aliphatic carbocycles. The van der Waals surface area contributed by atoms with Gasteiger partial charge in [-0.2, -0.15) is 0 Å². The first-order valence-corrected chi connectivity index (χ1v) is 29.3. The van der Waals surface area contributed by atoms with Gasteiger partial charge in [-0.15, -0.1) is 0 Å². The molecule has 2 aliphatic rings. The molecule has 3 aromatic rings. The first-order valence-electron chi connectivity index (χ1n) is 29.3. The van der Waals surface area contributed by atoms with Gasteiger partial charge in [0.15, 0.2) is 0 Å². The molecular formula is C61H83N13O15. The van der Waals surface area contributed by atoms with Crippen molar-refractivity contribution in [3.8, 4) is 0 Å². The summed E-state index contributed by atoms with van der Waals surface area (Å²) in [5.41, 5.74) is 19.4. The van der Waals surface area contributed by atoms with Crippen LogP contribution in [0.4, 0.5) is 0 Å². The molecule has 1 heterocycles. The van der Waals surface area contributed by atoms with Crippen LogP contribution in [0.2, 0.25) is 0 Å². The van der Waals surface area contributed by atoms with Crippen molar-refractivity contribution < 1.29 is 72.2 Å². The number of primary amides is 2. The van der Waals surface area contributed by atoms with E-state index in [1.165, 1.54) is 32.6 Å². The summed E-state index contributed by atoms with van der Waals surface area (Å²) in [6.07, 6.45) is -1.72. The lowest BCUT2D eigenvalue weighted by atomic mass is 10.00. The van der Waals surface area contributed by atoms with Crippen LogP contribution >= 0.6 is 0 Å². The van der Waals surface area contributed by atoms with E-state index in [4.69, 9.17) is 21.9 Å². The Labute approximate surface area is 515 Å². The predicted octanol–water partition coefficient (Wildman–Crippen LogP) is -3.48. The number of nitrogens with two attached hydrogens (primary N) is 3. The zero-order valence-electron chi connectivity index (χ0n) is 50.8. The minimum atomic E-state index is -1.79. The van der Waals surface area contributed by atoms with E-state index >= 15 is 0 Å². The van der Waals surface area contributed by atoms with Crippen molar-refractivity contribution in [2.45, 2.75) is 147 Å². The Kier molecular flexibility index (Phi) is 26.2. The highest BCUT2D eigenvalue weighted by atomic mass is 16.5. The van der Waals surface area contributed by atoms with Crippen LogP contribution in [-0.2, 0) is 86.3 Å². The van der Waals surface area contributed by atoms with Gasteiger partial charge in [-0.3, -0.25) is 62.3 Å². The molecule has 89 heavy (non-hydrogen) atoms. The van der Waals surface area contributed by atoms with E-state index in [1.807, 2.05) is 18.2 Å². The van der Waals surface area contributed by atoms with Gasteiger partial charge in [0.25, 0.3) is 0 Å². The van der Waals surface area contributed by atoms with Crippen molar-refractivity contribution in [2.24, 2.45) is 40.9 Å². The van der Waals surface area contributed by atoms with Crippen LogP contribution in [-0.4, -0.2) is 174 Å². The summed E-state index contributed by atoms with van der Waals surface area (Å²) in [5.74, 6) is -15.0. The SMILES string of the molecule is COC(=O)[C@@H]1[C@@H](NC(=O)CNC(=O)[C@@H](NC(=O)[C@H](CC(N)=O)NC(=O)[C@@H](NC(=O)[C@@H]2CCCN2C(=O)[C@@H](NC(=O)[C@@H](N)Cc2ccccc2)C(C)C)[C@@H](C)O)C(C)C)[C@H]1C(=O)N[C@@H](Cc1ccccc1)C(=O)N[C@@H](C)C(=O)N[C@@H](Cc1ccccc1)C(N)=O. The van der Waals surface area contributed by atoms with Crippen molar-refractivity contribution >= 4 is 76.9 Å². The van der Waals surface area contributed by atoms with Gasteiger partial charge < -0.3 is 79.8 Å². The molecule has 12 amide bonds. The number of aliphatic hydroxyl groups is 1. The number of nitrogens with zero attached hydrogens (tertiary/aromatic N) is 1. The molecule has 3 aromatic carbocycles. The summed E-state index contributed by atoms with van der Waals surface area (Å²) in [7, 11) is 1.06. The lowest BCUT2D eigenvalue weighted by Gasteiger charge is -2.32. The number of aliphatic hydroxyl groups excluding tert-OH is 1. The topological polar surface area (TPSA) is 441 Å². The van der Waals surface area contributed by atoms with Crippen LogP contribution in [0, 0.1) is 23.7 Å². The number of methoxy groups -OCH3 is 1. The van der Waals surface area contributed by atoms with Gasteiger partial charge in [-0.1, -0.05) is 119 Å². The molecule has 28 heteroatoms. The number of carbonyl (C=O) groups excluding carboxylic acids is 13. The minimum Gasteiger partial charge on any atom is -0.469 e. The lowest BCUT2D eigenvalue weighted by Crippen LogP contribution is -2.62. The van der Waals surface area contributed by atoms with Crippen molar-refractivity contribution in [1.29, 1.82) is 0 Å². The normalized spacial score (nSPS) is 18.9. The molecule has 28 nitrogen and oxygen atoms in total. The summed E-state index contributed by atoms with van der Waals surface area (Å²) in [5, 5.41) is 33.3. The third-order valence-corrected chi connectivity index (χ3v) is 15.2. The van der Waals surface area contributed by atoms with Crippen LogP contribution in [0.1, 0.15) is 77.5 Å². The quantitative estimate of drug-likeness (QED) is 0.0270. The van der Waals surface area contributed by atoms with Gasteiger partial charge in [-0.25, -0.2) is 0 Å². The molecule has 16 N–H and O–H groups in total. The molecule has 0 spiro atoms. The van der Waals surface area contributed by atoms with Gasteiger partial charge in [0, 0.05) is 19.4 Å². The molecule has 0 aromatic heterocycles. The maximum absolute atomic E-state index is 14.0. The highest BCUT2D eigenvalue weighted by Gasteiger charge is 2.61. The summed E-state index contributed by atoms with van der Waals surface area (Å²) in [6, 6.07) is 13.2. The molecule has 13 atom stereocenters. The maximum Gasteiger partial charge on any atom is 0.311 e. The monoisotopic (exact) mass is 1240 g/mol. The van der Waals surface area contributed by atoms with E-state index in [-0.39, 0.29) is 32.2 Å². The van der Waals surface area contributed by atoms with Gasteiger partial charge in [-0.05, 0) is 61.6 Å². The van der Waals surface area contributed by atoms with E-state index in [9.17, 15) is 67.4 Å². The number of rotatable bonds is 32. The molecule has 0 radical (unpaired) electrons. The summed E-state index contributed by atoms with van der Waals surface area (Å²) in [4.78, 5) is 176. The Morgan fingerprint density at radius 3 is 1.60 bits per heavy atom. The van der Waals surface area contributed by atoms with E-state index in [0.29, 0.717) is 12.0 Å². The van der Waals surface area contributed by atoms with Gasteiger partial charge in [0.2, 0.25) is 70.9 Å². The Balaban J connectivity index is 1.19. The largest absolute Gasteiger partial charge is 0.469 e. The molecular weight excluding hydrogens is 1150 g/mol. The van der Waals surface area contributed by atoms with Crippen LogP contribution in [0.15, 0.2) is 91.0 Å². The average Bonchev–Trinajstić information content (AvgIpc) is 1.63. The smallest absolute Gasteiger partial charge is 0.311 e. The van der Waals surface area contributed by atoms with Crippen molar-refractivity contribution in [3.63, 3.8) is 0 Å². The first-order chi connectivity index (χ1) is 42.1. The number of likely N-dealkylation sites (tertiary alicyclic amines) is 1. The Morgan fingerprint density at radius 2 is 1.08 bits per heavy atom. The second-order valence-corrected chi connectivity index (χ2v) is 22.9. The van der Waals surface area contributed by atoms with Crippen molar-refractivity contribution in [2.75, 3.05) is 20.2 Å². The number of benzene rings is 3. The highest BCUT2D eigenvalue weighted by Crippen LogP contribution is 2.40. The molecule has 1 saturated carbocycles. The van der Waals surface area contributed by atoms with Crippen LogP contribution < -0.4 is 65.1 Å². The average molecular weight is 1240 g/mol. The fourth-order valence-electron chi connectivity index (χ4n) is 10.2. The maximum atomic E-state index is 14.0. The Bertz CT molecular complexity index is 3030. The molecule has 1 saturated heterocycles. The fourth-order valence-corrected chi connectivity index (χ4v) is 10.2. The zero-order chi connectivity index (χ0) is 65.8. The molecule has 5 rings (SSSR count). The summed E-state index contributed by atoms with van der Waals surface area (Å²) >= 11 is 0. The molecule has 0 unspecified atom stereocenters. The van der Waals surface area contributed by atoms with Gasteiger partial charge in [0.05, 0.1) is 50.1 Å². The molecule has 2 fully saturated rings. The number of amides is 12. The van der Waals surface area contributed by atoms with E-state index in [0.717, 1.165) is 18.2 Å².